The van der Waals surface area contributed by atoms with Gasteiger partial charge in [-0.1, -0.05) is 5.57 Å². The van der Waals surface area contributed by atoms with E-state index in [-0.39, 0.29) is 0 Å². The predicted molar refractivity (Wildman–Crippen MR) is 50.8 cm³/mol. The zero-order valence-electron chi connectivity index (χ0n) is 8.39. The number of allylic oxidation sites excluding steroid dienone is 2. The predicted octanol–water partition coefficient (Wildman–Crippen LogP) is 2.28. The van der Waals surface area contributed by atoms with Crippen LogP contribution in [-0.2, 0) is 0 Å². The summed E-state index contributed by atoms with van der Waals surface area (Å²) in [6, 6.07) is 0. The molecule has 0 aliphatic rings. The fraction of sp³-hybridized carbons (Fsp3) is 0.667. The molecular formula is C9H18N2. The number of rotatable bonds is 1. The highest BCUT2D eigenvalue weighted by molar-refractivity contribution is 5.80. The molecule has 11 heavy (non-hydrogen) atoms. The minimum atomic E-state index is 1.05. The Morgan fingerprint density at radius 1 is 1.00 bits per heavy atom. The van der Waals surface area contributed by atoms with Crippen LogP contribution in [0.15, 0.2) is 16.3 Å². The van der Waals surface area contributed by atoms with E-state index < -0.39 is 0 Å². The lowest BCUT2D eigenvalue weighted by Gasteiger charge is -2.11. The van der Waals surface area contributed by atoms with Gasteiger partial charge in [0.05, 0.1) is 0 Å². The monoisotopic (exact) mass is 154 g/mol. The fourth-order valence-electron chi connectivity index (χ4n) is 0.455. The summed E-state index contributed by atoms with van der Waals surface area (Å²) in [6.07, 6.45) is 0. The van der Waals surface area contributed by atoms with E-state index in [0.29, 0.717) is 0 Å². The molecule has 0 saturated carbocycles. The standard InChI is InChI=1S/C9H18N2/c1-7(2)8(3)10-9(4)11(5)6/h1-6H3. The second-order valence-corrected chi connectivity index (χ2v) is 3.14. The minimum absolute atomic E-state index is 1.05. The Morgan fingerprint density at radius 3 is 1.73 bits per heavy atom. The normalized spacial score (nSPS) is 11.3. The fourth-order valence-corrected chi connectivity index (χ4v) is 0.455. The first kappa shape index (κ1) is 10.2. The zero-order valence-corrected chi connectivity index (χ0v) is 8.39. The number of hydrogen-bond donors (Lipinski definition) is 0. The van der Waals surface area contributed by atoms with Crippen molar-refractivity contribution >= 4 is 5.84 Å². The second-order valence-electron chi connectivity index (χ2n) is 3.14. The molecule has 0 aromatic heterocycles. The van der Waals surface area contributed by atoms with Crippen LogP contribution in [-0.4, -0.2) is 24.8 Å². The van der Waals surface area contributed by atoms with E-state index in [2.05, 4.69) is 18.8 Å². The maximum absolute atomic E-state index is 4.40. The summed E-state index contributed by atoms with van der Waals surface area (Å²) in [5, 5.41) is 0. The van der Waals surface area contributed by atoms with Crippen molar-refractivity contribution in [3.05, 3.63) is 11.3 Å². The Bertz CT molecular complexity index is 184. The molecule has 0 aromatic rings. The van der Waals surface area contributed by atoms with Crippen molar-refractivity contribution in [2.24, 2.45) is 4.99 Å². The third-order valence-corrected chi connectivity index (χ3v) is 1.70. The van der Waals surface area contributed by atoms with Crippen LogP contribution in [0.25, 0.3) is 0 Å². The molecule has 64 valence electrons. The maximum atomic E-state index is 4.40. The summed E-state index contributed by atoms with van der Waals surface area (Å²) < 4.78 is 0. The molecule has 2 heteroatoms. The highest BCUT2D eigenvalue weighted by Crippen LogP contribution is 2.03. The lowest BCUT2D eigenvalue weighted by Crippen LogP contribution is -2.18. The maximum Gasteiger partial charge on any atom is 0.101 e. The van der Waals surface area contributed by atoms with Gasteiger partial charge >= 0.3 is 0 Å². The van der Waals surface area contributed by atoms with E-state index in [0.717, 1.165) is 11.5 Å². The first-order valence-corrected chi connectivity index (χ1v) is 3.82. The van der Waals surface area contributed by atoms with Crippen molar-refractivity contribution in [2.75, 3.05) is 14.1 Å². The van der Waals surface area contributed by atoms with Crippen molar-refractivity contribution in [1.29, 1.82) is 0 Å². The minimum Gasteiger partial charge on any atom is -0.366 e. The third kappa shape index (κ3) is 3.81. The molecule has 2 nitrogen and oxygen atoms in total. The average Bonchev–Trinajstić information content (AvgIpc) is 1.87. The van der Waals surface area contributed by atoms with Crippen LogP contribution in [0, 0.1) is 0 Å². The van der Waals surface area contributed by atoms with Crippen LogP contribution in [0.5, 0.6) is 0 Å². The number of nitrogens with zero attached hydrogens (tertiary/aromatic N) is 2. The smallest absolute Gasteiger partial charge is 0.101 e. The Hall–Kier alpha value is -0.790. The van der Waals surface area contributed by atoms with Gasteiger partial charge in [-0.15, -0.1) is 0 Å². The van der Waals surface area contributed by atoms with Gasteiger partial charge in [-0.2, -0.15) is 0 Å². The molecule has 0 atom stereocenters. The van der Waals surface area contributed by atoms with Gasteiger partial charge in [0.1, 0.15) is 5.84 Å². The number of aliphatic imine (C=N–C) groups is 1. The molecule has 0 fully saturated rings. The van der Waals surface area contributed by atoms with Gasteiger partial charge < -0.3 is 4.90 Å². The van der Waals surface area contributed by atoms with Crippen LogP contribution >= 0.6 is 0 Å². The van der Waals surface area contributed by atoms with Gasteiger partial charge in [-0.3, -0.25) is 0 Å². The van der Waals surface area contributed by atoms with E-state index in [1.807, 2.05) is 32.8 Å². The molecule has 0 bridgehead atoms. The van der Waals surface area contributed by atoms with E-state index in [4.69, 9.17) is 0 Å². The van der Waals surface area contributed by atoms with Crippen molar-refractivity contribution < 1.29 is 0 Å². The summed E-state index contributed by atoms with van der Waals surface area (Å²) in [5.41, 5.74) is 2.38. The van der Waals surface area contributed by atoms with Crippen molar-refractivity contribution in [3.63, 3.8) is 0 Å². The van der Waals surface area contributed by atoms with Crippen molar-refractivity contribution in [1.82, 2.24) is 4.90 Å². The molecule has 0 aliphatic heterocycles. The summed E-state index contributed by atoms with van der Waals surface area (Å²) >= 11 is 0. The molecule has 0 aliphatic carbocycles. The molecular weight excluding hydrogens is 136 g/mol. The summed E-state index contributed by atoms with van der Waals surface area (Å²) in [7, 11) is 3.99. The zero-order chi connectivity index (χ0) is 9.02. The third-order valence-electron chi connectivity index (χ3n) is 1.70. The van der Waals surface area contributed by atoms with Crippen LogP contribution in [0.3, 0.4) is 0 Å². The first-order chi connectivity index (χ1) is 4.95. The Morgan fingerprint density at radius 2 is 1.45 bits per heavy atom. The van der Waals surface area contributed by atoms with Crippen molar-refractivity contribution in [3.8, 4) is 0 Å². The molecule has 0 radical (unpaired) electrons. The molecule has 0 spiro atoms. The summed E-state index contributed by atoms with van der Waals surface area (Å²) in [5.74, 6) is 1.05. The first-order valence-electron chi connectivity index (χ1n) is 3.82. The van der Waals surface area contributed by atoms with E-state index in [1.165, 1.54) is 5.57 Å². The second kappa shape index (κ2) is 4.16. The number of amidine groups is 1. The molecule has 0 rings (SSSR count). The van der Waals surface area contributed by atoms with Crippen molar-refractivity contribution in [2.45, 2.75) is 27.7 Å². The molecule has 0 aromatic carbocycles. The highest BCUT2D eigenvalue weighted by Gasteiger charge is 1.93. The largest absolute Gasteiger partial charge is 0.366 e. The molecule has 0 amide bonds. The van der Waals surface area contributed by atoms with Gasteiger partial charge in [-0.05, 0) is 27.7 Å². The van der Waals surface area contributed by atoms with Crippen LogP contribution < -0.4 is 0 Å². The van der Waals surface area contributed by atoms with E-state index in [1.54, 1.807) is 0 Å². The van der Waals surface area contributed by atoms with E-state index >= 15 is 0 Å². The van der Waals surface area contributed by atoms with Crippen LogP contribution in [0.2, 0.25) is 0 Å². The van der Waals surface area contributed by atoms with E-state index in [9.17, 15) is 0 Å². The lowest BCUT2D eigenvalue weighted by molar-refractivity contribution is 0.617. The van der Waals surface area contributed by atoms with Crippen LogP contribution in [0.1, 0.15) is 27.7 Å². The Balaban J connectivity index is 4.44. The van der Waals surface area contributed by atoms with Gasteiger partial charge in [0.15, 0.2) is 0 Å². The Kier molecular flexibility index (Phi) is 3.86. The topological polar surface area (TPSA) is 15.6 Å². The summed E-state index contributed by atoms with van der Waals surface area (Å²) in [6.45, 7) is 8.18. The van der Waals surface area contributed by atoms with Gasteiger partial charge in [0.25, 0.3) is 0 Å². The number of hydrogen-bond acceptors (Lipinski definition) is 1. The van der Waals surface area contributed by atoms with Gasteiger partial charge in [-0.25, -0.2) is 4.99 Å². The van der Waals surface area contributed by atoms with Gasteiger partial charge in [0, 0.05) is 19.8 Å². The molecule has 0 unspecified atom stereocenters. The van der Waals surface area contributed by atoms with Crippen LogP contribution in [0.4, 0.5) is 0 Å². The summed E-state index contributed by atoms with van der Waals surface area (Å²) in [4.78, 5) is 6.40. The quantitative estimate of drug-likeness (QED) is 0.418. The highest BCUT2D eigenvalue weighted by atomic mass is 15.1. The molecule has 0 N–H and O–H groups in total. The SMILES string of the molecule is CC(=NC(C)=C(C)C)N(C)C. The Labute approximate surface area is 69.6 Å². The lowest BCUT2D eigenvalue weighted by atomic mass is 10.3. The molecule has 0 saturated heterocycles. The van der Waals surface area contributed by atoms with Gasteiger partial charge in [0.2, 0.25) is 0 Å². The molecule has 0 heterocycles. The average molecular weight is 154 g/mol.